The Morgan fingerprint density at radius 2 is 1.96 bits per heavy atom. The van der Waals surface area contributed by atoms with Gasteiger partial charge in [-0.15, -0.1) is 0 Å². The van der Waals surface area contributed by atoms with E-state index in [1.165, 1.54) is 12.4 Å². The van der Waals surface area contributed by atoms with Gasteiger partial charge in [-0.25, -0.2) is 9.37 Å². The summed E-state index contributed by atoms with van der Waals surface area (Å²) >= 11 is 0. The minimum Gasteiger partial charge on any atom is -0.314 e. The summed E-state index contributed by atoms with van der Waals surface area (Å²) < 4.78 is 15.5. The van der Waals surface area contributed by atoms with E-state index in [1.807, 2.05) is 32.0 Å². The maximum Gasteiger partial charge on any atom is 0.236 e. The number of benzene rings is 1. The fraction of sp³-hybridized carbons (Fsp3) is 0.211. The second-order valence-electron chi connectivity index (χ2n) is 6.71. The summed E-state index contributed by atoms with van der Waals surface area (Å²) in [4.78, 5) is 22.2. The molecule has 0 unspecified atom stereocenters. The number of aromatic nitrogens is 3. The van der Waals surface area contributed by atoms with Crippen LogP contribution in [0.1, 0.15) is 19.4 Å². The molecule has 1 aromatic carbocycles. The van der Waals surface area contributed by atoms with Crippen molar-refractivity contribution in [1.29, 1.82) is 0 Å². The minimum atomic E-state index is -0.526. The van der Waals surface area contributed by atoms with Gasteiger partial charge in [0.25, 0.3) is 0 Å². The van der Waals surface area contributed by atoms with Crippen molar-refractivity contribution < 1.29 is 9.18 Å². The number of halogens is 1. The summed E-state index contributed by atoms with van der Waals surface area (Å²) in [5.74, 6) is -0.337. The quantitative estimate of drug-likeness (QED) is 0.721. The normalized spacial score (nSPS) is 15.5. The number of hydrogen-bond acceptors (Lipinski definition) is 3. The number of hydrogen-bond donors (Lipinski definition) is 0. The van der Waals surface area contributed by atoms with Crippen molar-refractivity contribution in [3.8, 4) is 16.9 Å². The predicted molar refractivity (Wildman–Crippen MR) is 93.2 cm³/mol. The third-order valence-corrected chi connectivity index (χ3v) is 4.78. The molecule has 0 spiro atoms. The molecule has 0 N–H and O–H groups in total. The molecule has 0 fully saturated rings. The highest BCUT2D eigenvalue weighted by Gasteiger charge is 2.42. The Labute approximate surface area is 144 Å². The molecule has 3 aromatic rings. The van der Waals surface area contributed by atoms with Gasteiger partial charge in [0.2, 0.25) is 5.91 Å². The van der Waals surface area contributed by atoms with Gasteiger partial charge in [-0.3, -0.25) is 9.78 Å². The highest BCUT2D eigenvalue weighted by molar-refractivity contribution is 6.07. The van der Waals surface area contributed by atoms with Crippen molar-refractivity contribution in [1.82, 2.24) is 14.5 Å². The first-order valence-corrected chi connectivity index (χ1v) is 7.96. The predicted octanol–water partition coefficient (Wildman–Crippen LogP) is 3.33. The zero-order valence-corrected chi connectivity index (χ0v) is 14.2. The molecule has 126 valence electrons. The van der Waals surface area contributed by atoms with Crippen LogP contribution >= 0.6 is 0 Å². The summed E-state index contributed by atoms with van der Waals surface area (Å²) in [6, 6.07) is 7.47. The summed E-state index contributed by atoms with van der Waals surface area (Å²) in [5.41, 5.74) is 3.35. The van der Waals surface area contributed by atoms with Crippen molar-refractivity contribution in [3.63, 3.8) is 0 Å². The SMILES string of the molecule is CN1C(=O)C(C)(C)c2ccc(-c3cn(-c4ccncc4F)cn3)cc21. The van der Waals surface area contributed by atoms with Crippen molar-refractivity contribution in [2.45, 2.75) is 19.3 Å². The van der Waals surface area contributed by atoms with Gasteiger partial charge in [-0.1, -0.05) is 12.1 Å². The standard InChI is InChI=1S/C19H17FN4O/c1-19(2)13-5-4-12(8-17(13)23(3)18(19)25)15-10-24(11-22-15)16-6-7-21-9-14(16)20/h4-11H,1-3H3. The second-order valence-corrected chi connectivity index (χ2v) is 6.71. The molecule has 2 aromatic heterocycles. The van der Waals surface area contributed by atoms with E-state index in [-0.39, 0.29) is 5.91 Å². The van der Waals surface area contributed by atoms with Crippen LogP contribution in [0.4, 0.5) is 10.1 Å². The lowest BCUT2D eigenvalue weighted by atomic mass is 9.86. The topological polar surface area (TPSA) is 51.0 Å². The van der Waals surface area contributed by atoms with Gasteiger partial charge in [-0.2, -0.15) is 0 Å². The molecule has 0 radical (unpaired) electrons. The summed E-state index contributed by atoms with van der Waals surface area (Å²) in [6.45, 7) is 3.86. The van der Waals surface area contributed by atoms with Crippen LogP contribution in [0.5, 0.6) is 0 Å². The maximum absolute atomic E-state index is 13.9. The average Bonchev–Trinajstić information content (AvgIpc) is 3.15. The van der Waals surface area contributed by atoms with Gasteiger partial charge in [0.05, 0.1) is 23.0 Å². The minimum absolute atomic E-state index is 0.0732. The number of likely N-dealkylation sites (N-methyl/N-ethyl adjacent to an activating group) is 1. The number of pyridine rings is 1. The molecular formula is C19H17FN4O. The number of anilines is 1. The molecule has 0 bridgehead atoms. The zero-order valence-electron chi connectivity index (χ0n) is 14.2. The van der Waals surface area contributed by atoms with E-state index in [1.54, 1.807) is 35.1 Å². The Kier molecular flexibility index (Phi) is 3.25. The molecular weight excluding hydrogens is 319 g/mol. The van der Waals surface area contributed by atoms with Crippen molar-refractivity contribution in [3.05, 3.63) is 60.6 Å². The number of amides is 1. The van der Waals surface area contributed by atoms with Gasteiger partial charge in [0.15, 0.2) is 5.82 Å². The molecule has 0 saturated carbocycles. The van der Waals surface area contributed by atoms with Crippen molar-refractivity contribution >= 4 is 11.6 Å². The maximum atomic E-state index is 13.9. The Morgan fingerprint density at radius 3 is 2.72 bits per heavy atom. The van der Waals surface area contributed by atoms with Crippen LogP contribution in [0.3, 0.4) is 0 Å². The first-order valence-electron chi connectivity index (χ1n) is 7.96. The number of fused-ring (bicyclic) bond motifs is 1. The van der Waals surface area contributed by atoms with Crippen molar-refractivity contribution in [2.24, 2.45) is 0 Å². The molecule has 0 saturated heterocycles. The molecule has 1 aliphatic heterocycles. The third kappa shape index (κ3) is 2.25. The number of carbonyl (C=O) groups excluding carboxylic acids is 1. The summed E-state index contributed by atoms with van der Waals surface area (Å²) in [7, 11) is 1.78. The van der Waals surface area contributed by atoms with Crippen LogP contribution in [0.15, 0.2) is 49.2 Å². The monoisotopic (exact) mass is 336 g/mol. The van der Waals surface area contributed by atoms with E-state index in [9.17, 15) is 9.18 Å². The van der Waals surface area contributed by atoms with E-state index in [0.29, 0.717) is 11.4 Å². The molecule has 5 nitrogen and oxygen atoms in total. The van der Waals surface area contributed by atoms with Gasteiger partial charge < -0.3 is 9.47 Å². The lowest BCUT2D eigenvalue weighted by Gasteiger charge is -2.16. The van der Waals surface area contributed by atoms with Crippen LogP contribution in [0, 0.1) is 5.82 Å². The second kappa shape index (κ2) is 5.24. The van der Waals surface area contributed by atoms with Crippen LogP contribution in [-0.2, 0) is 10.2 Å². The highest BCUT2D eigenvalue weighted by Crippen LogP contribution is 2.42. The average molecular weight is 336 g/mol. The summed E-state index contributed by atoms with van der Waals surface area (Å²) in [5, 5.41) is 0. The smallest absolute Gasteiger partial charge is 0.236 e. The molecule has 0 aliphatic carbocycles. The number of rotatable bonds is 2. The molecule has 25 heavy (non-hydrogen) atoms. The number of carbonyl (C=O) groups is 1. The Hall–Kier alpha value is -3.02. The third-order valence-electron chi connectivity index (χ3n) is 4.78. The van der Waals surface area contributed by atoms with E-state index in [0.717, 1.165) is 16.8 Å². The van der Waals surface area contributed by atoms with Crippen molar-refractivity contribution in [2.75, 3.05) is 11.9 Å². The van der Waals surface area contributed by atoms with E-state index in [2.05, 4.69) is 9.97 Å². The van der Waals surface area contributed by atoms with Gasteiger partial charge in [0.1, 0.15) is 6.33 Å². The Balaban J connectivity index is 1.76. The molecule has 3 heterocycles. The first-order chi connectivity index (χ1) is 11.9. The lowest BCUT2D eigenvalue weighted by Crippen LogP contribution is -2.33. The lowest BCUT2D eigenvalue weighted by molar-refractivity contribution is -0.121. The largest absolute Gasteiger partial charge is 0.314 e. The number of nitrogens with zero attached hydrogens (tertiary/aromatic N) is 4. The van der Waals surface area contributed by atoms with Crippen LogP contribution in [0.25, 0.3) is 16.9 Å². The van der Waals surface area contributed by atoms with E-state index < -0.39 is 11.2 Å². The van der Waals surface area contributed by atoms with Crippen LogP contribution in [-0.4, -0.2) is 27.5 Å². The van der Waals surface area contributed by atoms with Gasteiger partial charge in [-0.05, 0) is 31.5 Å². The summed E-state index contributed by atoms with van der Waals surface area (Å²) in [6.07, 6.45) is 6.05. The Bertz CT molecular complexity index is 993. The van der Waals surface area contributed by atoms with E-state index in [4.69, 9.17) is 0 Å². The fourth-order valence-corrected chi connectivity index (χ4v) is 3.32. The molecule has 6 heteroatoms. The van der Waals surface area contributed by atoms with Gasteiger partial charge in [0, 0.05) is 30.7 Å². The highest BCUT2D eigenvalue weighted by atomic mass is 19.1. The molecule has 1 aliphatic rings. The first kappa shape index (κ1) is 15.5. The zero-order chi connectivity index (χ0) is 17.8. The molecule has 0 atom stereocenters. The Morgan fingerprint density at radius 1 is 1.16 bits per heavy atom. The van der Waals surface area contributed by atoms with Gasteiger partial charge >= 0.3 is 0 Å². The molecule has 1 amide bonds. The van der Waals surface area contributed by atoms with Crippen LogP contribution < -0.4 is 4.90 Å². The fourth-order valence-electron chi connectivity index (χ4n) is 3.32. The van der Waals surface area contributed by atoms with E-state index >= 15 is 0 Å². The van der Waals surface area contributed by atoms with Crippen LogP contribution in [0.2, 0.25) is 0 Å². The molecule has 4 rings (SSSR count). The number of imidazole rings is 1.